The number of benzene rings is 1. The van der Waals surface area contributed by atoms with Crippen molar-refractivity contribution < 1.29 is 13.6 Å². The molecule has 0 radical (unpaired) electrons. The zero-order valence-corrected chi connectivity index (χ0v) is 15.7. The molecule has 3 aromatic rings. The fraction of sp³-hybridized carbons (Fsp3) is 0.235. The highest BCUT2D eigenvalue weighted by molar-refractivity contribution is 6.32. The normalized spacial score (nSPS) is 11.2. The molecule has 3 rings (SSSR count). The van der Waals surface area contributed by atoms with Crippen molar-refractivity contribution in [1.29, 1.82) is 0 Å². The molecule has 10 heteroatoms. The van der Waals surface area contributed by atoms with E-state index in [0.717, 1.165) is 10.2 Å². The van der Waals surface area contributed by atoms with E-state index in [-0.39, 0.29) is 11.6 Å². The van der Waals surface area contributed by atoms with Crippen LogP contribution in [-0.4, -0.2) is 25.5 Å². The highest BCUT2D eigenvalue weighted by Crippen LogP contribution is 2.28. The number of nitrogens with one attached hydrogen (secondary N) is 1. The summed E-state index contributed by atoms with van der Waals surface area (Å²) in [6.07, 6.45) is 0.334. The van der Waals surface area contributed by atoms with Gasteiger partial charge in [-0.25, -0.2) is 8.78 Å². The van der Waals surface area contributed by atoms with Gasteiger partial charge < -0.3 is 5.32 Å². The van der Waals surface area contributed by atoms with Crippen molar-refractivity contribution >= 4 is 34.8 Å². The summed E-state index contributed by atoms with van der Waals surface area (Å²) in [6, 6.07) is 7.38. The average molecular weight is 414 g/mol. The van der Waals surface area contributed by atoms with Crippen LogP contribution in [0.15, 0.2) is 36.7 Å². The minimum atomic E-state index is -2.80. The SMILES string of the molecule is Cc1c(Cl)c(C(F)F)nn1CC(=O)Nc1cnn(Cc2ccccc2Cl)c1. The lowest BCUT2D eigenvalue weighted by Gasteiger charge is -2.05. The number of rotatable bonds is 6. The molecule has 0 saturated carbocycles. The quantitative estimate of drug-likeness (QED) is 0.654. The molecule has 1 amide bonds. The smallest absolute Gasteiger partial charge is 0.283 e. The predicted octanol–water partition coefficient (Wildman–Crippen LogP) is 4.32. The molecule has 0 aliphatic carbocycles. The molecule has 1 N–H and O–H groups in total. The zero-order valence-electron chi connectivity index (χ0n) is 14.2. The summed E-state index contributed by atoms with van der Waals surface area (Å²) in [7, 11) is 0. The molecule has 0 spiro atoms. The standard InChI is InChI=1S/C17H15Cl2F2N5O/c1-10-15(19)16(17(20)21)24-26(10)9-14(27)23-12-6-22-25(8-12)7-11-4-2-3-5-13(11)18/h2-6,8,17H,7,9H2,1H3,(H,23,27). The Morgan fingerprint density at radius 3 is 2.70 bits per heavy atom. The molecule has 0 aliphatic heterocycles. The Bertz CT molecular complexity index is 970. The van der Waals surface area contributed by atoms with E-state index in [2.05, 4.69) is 15.5 Å². The number of nitrogens with zero attached hydrogens (tertiary/aromatic N) is 4. The highest BCUT2D eigenvalue weighted by atomic mass is 35.5. The predicted molar refractivity (Wildman–Crippen MR) is 98.3 cm³/mol. The summed E-state index contributed by atoms with van der Waals surface area (Å²) in [5.41, 5.74) is 1.13. The Hall–Kier alpha value is -2.45. The van der Waals surface area contributed by atoms with Crippen LogP contribution in [0, 0.1) is 6.92 Å². The van der Waals surface area contributed by atoms with Gasteiger partial charge in [0.2, 0.25) is 5.91 Å². The van der Waals surface area contributed by atoms with Gasteiger partial charge in [0.25, 0.3) is 6.43 Å². The maximum absolute atomic E-state index is 12.8. The zero-order chi connectivity index (χ0) is 19.6. The van der Waals surface area contributed by atoms with Crippen LogP contribution < -0.4 is 5.32 Å². The maximum atomic E-state index is 12.8. The molecular formula is C17H15Cl2F2N5O. The molecule has 0 bridgehead atoms. The summed E-state index contributed by atoms with van der Waals surface area (Å²) in [5, 5.41) is 11.0. The van der Waals surface area contributed by atoms with Crippen LogP contribution in [0.2, 0.25) is 10.0 Å². The Kier molecular flexibility index (Phi) is 5.76. The number of carbonyl (C=O) groups is 1. The second-order valence-corrected chi connectivity index (χ2v) is 6.59. The van der Waals surface area contributed by atoms with Gasteiger partial charge in [-0.05, 0) is 18.6 Å². The monoisotopic (exact) mass is 413 g/mol. The van der Waals surface area contributed by atoms with Crippen molar-refractivity contribution in [3.8, 4) is 0 Å². The number of hydrogen-bond acceptors (Lipinski definition) is 3. The lowest BCUT2D eigenvalue weighted by atomic mass is 10.2. The van der Waals surface area contributed by atoms with Gasteiger partial charge in [0.05, 0.1) is 29.1 Å². The minimum absolute atomic E-state index is 0.134. The van der Waals surface area contributed by atoms with E-state index in [9.17, 15) is 13.6 Å². The van der Waals surface area contributed by atoms with E-state index in [0.29, 0.717) is 22.9 Å². The Labute approximate surface area is 163 Å². The first-order valence-corrected chi connectivity index (χ1v) is 8.67. The lowest BCUT2D eigenvalue weighted by molar-refractivity contribution is -0.117. The van der Waals surface area contributed by atoms with Crippen molar-refractivity contribution in [3.05, 3.63) is 63.7 Å². The average Bonchev–Trinajstić information content (AvgIpc) is 3.16. The fourth-order valence-electron chi connectivity index (χ4n) is 2.49. The first-order valence-electron chi connectivity index (χ1n) is 7.92. The second kappa shape index (κ2) is 8.06. The molecule has 0 unspecified atom stereocenters. The van der Waals surface area contributed by atoms with Crippen molar-refractivity contribution in [1.82, 2.24) is 19.6 Å². The number of anilines is 1. The number of carbonyl (C=O) groups excluding carboxylic acids is 1. The summed E-state index contributed by atoms with van der Waals surface area (Å²) < 4.78 is 28.4. The van der Waals surface area contributed by atoms with Crippen LogP contribution in [0.3, 0.4) is 0 Å². The van der Waals surface area contributed by atoms with Gasteiger partial charge in [-0.3, -0.25) is 14.2 Å². The van der Waals surface area contributed by atoms with E-state index < -0.39 is 18.0 Å². The largest absolute Gasteiger partial charge is 0.322 e. The van der Waals surface area contributed by atoms with Gasteiger partial charge in [-0.1, -0.05) is 41.4 Å². The van der Waals surface area contributed by atoms with Gasteiger partial charge in [0.15, 0.2) is 0 Å². The molecule has 6 nitrogen and oxygen atoms in total. The first kappa shape index (κ1) is 19.3. The number of hydrogen-bond donors (Lipinski definition) is 1. The molecule has 2 heterocycles. The molecule has 142 valence electrons. The van der Waals surface area contributed by atoms with E-state index >= 15 is 0 Å². The minimum Gasteiger partial charge on any atom is -0.322 e. The van der Waals surface area contributed by atoms with Gasteiger partial charge in [0.1, 0.15) is 12.2 Å². The topological polar surface area (TPSA) is 64.7 Å². The molecule has 27 heavy (non-hydrogen) atoms. The van der Waals surface area contributed by atoms with Gasteiger partial charge in [-0.2, -0.15) is 10.2 Å². The summed E-state index contributed by atoms with van der Waals surface area (Å²) >= 11 is 11.9. The van der Waals surface area contributed by atoms with Gasteiger partial charge >= 0.3 is 0 Å². The molecule has 0 atom stereocenters. The first-order chi connectivity index (χ1) is 12.8. The van der Waals surface area contributed by atoms with Gasteiger partial charge in [0, 0.05) is 11.2 Å². The second-order valence-electron chi connectivity index (χ2n) is 5.81. The van der Waals surface area contributed by atoms with Crippen molar-refractivity contribution in [2.45, 2.75) is 26.4 Å². The Balaban J connectivity index is 1.65. The van der Waals surface area contributed by atoms with E-state index in [4.69, 9.17) is 23.2 Å². The fourth-order valence-corrected chi connectivity index (χ4v) is 2.91. The summed E-state index contributed by atoms with van der Waals surface area (Å²) in [5.74, 6) is -0.435. The van der Waals surface area contributed by atoms with Crippen LogP contribution >= 0.6 is 23.2 Å². The molecule has 1 aromatic carbocycles. The Morgan fingerprint density at radius 1 is 1.30 bits per heavy atom. The van der Waals surface area contributed by atoms with Gasteiger partial charge in [-0.15, -0.1) is 0 Å². The third kappa shape index (κ3) is 4.45. The molecule has 0 fully saturated rings. The summed E-state index contributed by atoms with van der Waals surface area (Å²) in [4.78, 5) is 12.2. The van der Waals surface area contributed by atoms with E-state index in [1.165, 1.54) is 13.1 Å². The molecule has 0 aliphatic rings. The summed E-state index contributed by atoms with van der Waals surface area (Å²) in [6.45, 7) is 1.73. The number of halogens is 4. The number of alkyl halides is 2. The lowest BCUT2D eigenvalue weighted by Crippen LogP contribution is -2.20. The van der Waals surface area contributed by atoms with Crippen LogP contribution in [0.5, 0.6) is 0 Å². The van der Waals surface area contributed by atoms with Crippen LogP contribution in [0.1, 0.15) is 23.4 Å². The molecular weight excluding hydrogens is 399 g/mol. The third-order valence-electron chi connectivity index (χ3n) is 3.87. The molecule has 0 saturated heterocycles. The number of aromatic nitrogens is 4. The van der Waals surface area contributed by atoms with Crippen LogP contribution in [0.4, 0.5) is 14.5 Å². The van der Waals surface area contributed by atoms with Crippen molar-refractivity contribution in [3.63, 3.8) is 0 Å². The highest BCUT2D eigenvalue weighted by Gasteiger charge is 2.21. The van der Waals surface area contributed by atoms with Crippen molar-refractivity contribution in [2.24, 2.45) is 0 Å². The Morgan fingerprint density at radius 2 is 2.04 bits per heavy atom. The third-order valence-corrected chi connectivity index (χ3v) is 4.70. The van der Waals surface area contributed by atoms with Crippen molar-refractivity contribution in [2.75, 3.05) is 5.32 Å². The van der Waals surface area contributed by atoms with E-state index in [1.807, 2.05) is 18.2 Å². The molecule has 2 aromatic heterocycles. The van der Waals surface area contributed by atoms with Crippen LogP contribution in [0.25, 0.3) is 0 Å². The van der Waals surface area contributed by atoms with Crippen LogP contribution in [-0.2, 0) is 17.9 Å². The maximum Gasteiger partial charge on any atom is 0.283 e. The van der Waals surface area contributed by atoms with E-state index in [1.54, 1.807) is 16.9 Å². The number of amides is 1.